The first kappa shape index (κ1) is 6.03. The quantitative estimate of drug-likeness (QED) is 0.519. The minimum atomic E-state index is 0.209. The number of hydrogen-bond acceptors (Lipinski definition) is 3. The van der Waals surface area contributed by atoms with Gasteiger partial charge in [-0.05, 0) is 12.1 Å². The second kappa shape index (κ2) is 1.88. The van der Waals surface area contributed by atoms with Crippen molar-refractivity contribution in [2.24, 2.45) is 0 Å². The fraction of sp³-hybridized carbons (Fsp3) is 0. The Morgan fingerprint density at radius 2 is 2.27 bits per heavy atom. The van der Waals surface area contributed by atoms with Crippen LogP contribution in [-0.2, 0) is 0 Å². The third-order valence-corrected chi connectivity index (χ3v) is 1.58. The maximum Gasteiger partial charge on any atom is 0.153 e. The van der Waals surface area contributed by atoms with Crippen molar-refractivity contribution in [3.63, 3.8) is 0 Å². The number of H-pyrrole nitrogens is 1. The molecule has 0 unspecified atom stereocenters. The molecule has 4 nitrogen and oxygen atoms in total. The summed E-state index contributed by atoms with van der Waals surface area (Å²) in [5, 5.41) is 16.4. The molecule has 1 aromatic heterocycles. The van der Waals surface area contributed by atoms with Gasteiger partial charge >= 0.3 is 0 Å². The van der Waals surface area contributed by atoms with Gasteiger partial charge in [-0.15, -0.1) is 0 Å². The first-order valence-electron chi connectivity index (χ1n) is 3.20. The van der Waals surface area contributed by atoms with Gasteiger partial charge in [-0.3, -0.25) is 5.10 Å². The average Bonchev–Trinajstić information content (AvgIpc) is 2.32. The van der Waals surface area contributed by atoms with Crippen LogP contribution in [0.4, 0.5) is 5.82 Å². The third kappa shape index (κ3) is 0.797. The molecule has 4 heteroatoms. The predicted molar refractivity (Wildman–Crippen MR) is 42.2 cm³/mol. The number of aromatic amines is 1. The van der Waals surface area contributed by atoms with Gasteiger partial charge in [0.1, 0.15) is 5.75 Å². The maximum absolute atomic E-state index is 9.05. The van der Waals surface area contributed by atoms with E-state index < -0.39 is 0 Å². The Morgan fingerprint density at radius 1 is 1.45 bits per heavy atom. The van der Waals surface area contributed by atoms with E-state index in [2.05, 4.69) is 10.2 Å². The van der Waals surface area contributed by atoms with E-state index in [1.165, 1.54) is 0 Å². The van der Waals surface area contributed by atoms with Crippen molar-refractivity contribution in [3.8, 4) is 5.75 Å². The van der Waals surface area contributed by atoms with Gasteiger partial charge in [-0.2, -0.15) is 5.10 Å². The molecule has 0 amide bonds. The highest BCUT2D eigenvalue weighted by Gasteiger charge is 2.00. The first-order valence-corrected chi connectivity index (χ1v) is 3.20. The molecule has 56 valence electrons. The van der Waals surface area contributed by atoms with Gasteiger partial charge in [0.25, 0.3) is 0 Å². The van der Waals surface area contributed by atoms with Crippen LogP contribution in [0.15, 0.2) is 18.2 Å². The van der Waals surface area contributed by atoms with E-state index in [-0.39, 0.29) is 5.75 Å². The molecule has 2 aromatic rings. The lowest BCUT2D eigenvalue weighted by molar-refractivity contribution is 0.476. The summed E-state index contributed by atoms with van der Waals surface area (Å²) in [5.41, 5.74) is 6.25. The summed E-state index contributed by atoms with van der Waals surface area (Å²) in [4.78, 5) is 0. The molecule has 0 aliphatic heterocycles. The van der Waals surface area contributed by atoms with Crippen LogP contribution in [0.1, 0.15) is 0 Å². The zero-order valence-electron chi connectivity index (χ0n) is 5.70. The van der Waals surface area contributed by atoms with E-state index in [1.54, 1.807) is 18.2 Å². The minimum Gasteiger partial charge on any atom is -0.508 e. The number of nitrogen functional groups attached to an aromatic ring is 1. The summed E-state index contributed by atoms with van der Waals surface area (Å²) in [5.74, 6) is 0.668. The molecule has 0 fully saturated rings. The van der Waals surface area contributed by atoms with Crippen LogP contribution in [0.3, 0.4) is 0 Å². The van der Waals surface area contributed by atoms with Crippen molar-refractivity contribution in [2.45, 2.75) is 0 Å². The first-order chi connectivity index (χ1) is 5.27. The molecule has 4 N–H and O–H groups in total. The van der Waals surface area contributed by atoms with E-state index >= 15 is 0 Å². The highest BCUT2D eigenvalue weighted by atomic mass is 16.3. The van der Waals surface area contributed by atoms with E-state index in [1.807, 2.05) is 0 Å². The topological polar surface area (TPSA) is 74.9 Å². The monoisotopic (exact) mass is 149 g/mol. The van der Waals surface area contributed by atoms with Gasteiger partial charge in [-0.25, -0.2) is 0 Å². The van der Waals surface area contributed by atoms with Crippen LogP contribution in [0.5, 0.6) is 5.75 Å². The maximum atomic E-state index is 9.05. The van der Waals surface area contributed by atoms with Crippen LogP contribution in [-0.4, -0.2) is 15.3 Å². The summed E-state index contributed by atoms with van der Waals surface area (Å²) < 4.78 is 0. The number of nitrogens with zero attached hydrogens (tertiary/aromatic N) is 1. The standard InChI is InChI=1S/C7H7N3O/c8-7-5-2-1-4(11)3-6(5)9-10-7/h1-3,11H,(H3,8,9,10). The molecule has 0 atom stereocenters. The molecule has 0 saturated heterocycles. The van der Waals surface area contributed by atoms with Crippen LogP contribution >= 0.6 is 0 Å². The number of phenolic OH excluding ortho intramolecular Hbond substituents is 1. The number of phenols is 1. The zero-order chi connectivity index (χ0) is 7.84. The van der Waals surface area contributed by atoms with E-state index in [0.717, 1.165) is 10.9 Å². The number of fused-ring (bicyclic) bond motifs is 1. The molecule has 1 heterocycles. The molecule has 0 aliphatic carbocycles. The number of rotatable bonds is 0. The summed E-state index contributed by atoms with van der Waals surface area (Å²) in [6, 6.07) is 4.89. The van der Waals surface area contributed by atoms with Gasteiger partial charge in [0.15, 0.2) is 5.82 Å². The van der Waals surface area contributed by atoms with Crippen LogP contribution in [0.2, 0.25) is 0 Å². The van der Waals surface area contributed by atoms with Gasteiger partial charge in [0.05, 0.1) is 5.52 Å². The van der Waals surface area contributed by atoms with Gasteiger partial charge in [0.2, 0.25) is 0 Å². The Balaban J connectivity index is 2.86. The Bertz CT molecular complexity index is 393. The Hall–Kier alpha value is -1.71. The molecule has 0 radical (unpaired) electrons. The lowest BCUT2D eigenvalue weighted by Gasteiger charge is -1.90. The number of aromatic hydroxyl groups is 1. The highest BCUT2D eigenvalue weighted by molar-refractivity contribution is 5.89. The largest absolute Gasteiger partial charge is 0.508 e. The van der Waals surface area contributed by atoms with Crippen LogP contribution < -0.4 is 5.73 Å². The summed E-state index contributed by atoms with van der Waals surface area (Å²) in [6.07, 6.45) is 0. The normalized spacial score (nSPS) is 10.5. The third-order valence-electron chi connectivity index (χ3n) is 1.58. The van der Waals surface area contributed by atoms with Crippen molar-refractivity contribution in [3.05, 3.63) is 18.2 Å². The number of anilines is 1. The Labute approximate surface area is 62.6 Å². The number of aromatic nitrogens is 2. The second-order valence-electron chi connectivity index (χ2n) is 2.34. The molecule has 0 aliphatic rings. The smallest absolute Gasteiger partial charge is 0.153 e. The fourth-order valence-electron chi connectivity index (χ4n) is 1.03. The summed E-state index contributed by atoms with van der Waals surface area (Å²) in [6.45, 7) is 0. The van der Waals surface area contributed by atoms with Crippen LogP contribution in [0.25, 0.3) is 10.9 Å². The van der Waals surface area contributed by atoms with Crippen molar-refractivity contribution in [1.29, 1.82) is 0 Å². The molecule has 0 bridgehead atoms. The highest BCUT2D eigenvalue weighted by Crippen LogP contribution is 2.21. The van der Waals surface area contributed by atoms with Crippen molar-refractivity contribution in [1.82, 2.24) is 10.2 Å². The van der Waals surface area contributed by atoms with Crippen molar-refractivity contribution in [2.75, 3.05) is 5.73 Å². The van der Waals surface area contributed by atoms with Gasteiger partial charge < -0.3 is 10.8 Å². The Kier molecular flexibility index (Phi) is 1.03. The van der Waals surface area contributed by atoms with E-state index in [9.17, 15) is 0 Å². The molecular weight excluding hydrogens is 142 g/mol. The van der Waals surface area contributed by atoms with Crippen molar-refractivity contribution < 1.29 is 5.11 Å². The SMILES string of the molecule is Nc1n[nH]c2cc(O)ccc12. The minimum absolute atomic E-state index is 0.209. The number of benzene rings is 1. The molecule has 1 aromatic carbocycles. The van der Waals surface area contributed by atoms with E-state index in [0.29, 0.717) is 5.82 Å². The number of nitrogens with one attached hydrogen (secondary N) is 1. The second-order valence-corrected chi connectivity index (χ2v) is 2.34. The molecular formula is C7H7N3O. The predicted octanol–water partition coefficient (Wildman–Crippen LogP) is 0.851. The Morgan fingerprint density at radius 3 is 3.09 bits per heavy atom. The lowest BCUT2D eigenvalue weighted by atomic mass is 10.2. The molecule has 0 spiro atoms. The molecule has 0 saturated carbocycles. The fourth-order valence-corrected chi connectivity index (χ4v) is 1.03. The lowest BCUT2D eigenvalue weighted by Crippen LogP contribution is -1.82. The zero-order valence-corrected chi connectivity index (χ0v) is 5.70. The molecule has 2 rings (SSSR count). The summed E-state index contributed by atoms with van der Waals surface area (Å²) in [7, 11) is 0. The van der Waals surface area contributed by atoms with Crippen molar-refractivity contribution >= 4 is 16.7 Å². The number of nitrogens with two attached hydrogens (primary N) is 1. The summed E-state index contributed by atoms with van der Waals surface area (Å²) >= 11 is 0. The van der Waals surface area contributed by atoms with Gasteiger partial charge in [-0.1, -0.05) is 0 Å². The average molecular weight is 149 g/mol. The van der Waals surface area contributed by atoms with Crippen LogP contribution in [0, 0.1) is 0 Å². The molecule has 11 heavy (non-hydrogen) atoms. The van der Waals surface area contributed by atoms with E-state index in [4.69, 9.17) is 10.8 Å². The van der Waals surface area contributed by atoms with Gasteiger partial charge in [0, 0.05) is 11.5 Å². The number of hydrogen-bond donors (Lipinski definition) is 3.